The molecule has 0 amide bonds. The zero-order chi connectivity index (χ0) is 12.8. The first-order valence-electron chi connectivity index (χ1n) is 5.66. The molecule has 0 bridgehead atoms. The number of esters is 1. The molecule has 5 heteroatoms. The number of carbonyl (C=O) groups is 2. The van der Waals surface area contributed by atoms with Crippen LogP contribution in [0.25, 0.3) is 0 Å². The molecule has 0 aromatic rings. The minimum atomic E-state index is -1.83. The first-order valence-corrected chi connectivity index (χ1v) is 9.06. The predicted molar refractivity (Wildman–Crippen MR) is 64.5 cm³/mol. The first-order chi connectivity index (χ1) is 7.24. The molecule has 0 aliphatic carbocycles. The third kappa shape index (κ3) is 8.46. The molecule has 94 valence electrons. The van der Waals surface area contributed by atoms with Gasteiger partial charge < -0.3 is 9.16 Å². The van der Waals surface area contributed by atoms with Crippen LogP contribution in [0.15, 0.2) is 0 Å². The maximum absolute atomic E-state index is 11.3. The van der Waals surface area contributed by atoms with Gasteiger partial charge in [0.1, 0.15) is 0 Å². The average Bonchev–Trinajstić information content (AvgIpc) is 2.12. The van der Waals surface area contributed by atoms with E-state index in [9.17, 15) is 9.59 Å². The second-order valence-electron chi connectivity index (χ2n) is 4.80. The summed E-state index contributed by atoms with van der Waals surface area (Å²) in [5, 5.41) is 0. The summed E-state index contributed by atoms with van der Waals surface area (Å²) < 4.78 is 10.3. The van der Waals surface area contributed by atoms with E-state index in [0.29, 0.717) is 0 Å². The summed E-state index contributed by atoms with van der Waals surface area (Å²) in [6, 6.07) is 0. The van der Waals surface area contributed by atoms with Crippen molar-refractivity contribution in [1.82, 2.24) is 0 Å². The van der Waals surface area contributed by atoms with Gasteiger partial charge in [-0.3, -0.25) is 9.59 Å². The highest BCUT2D eigenvalue weighted by Crippen LogP contribution is 2.07. The Morgan fingerprint density at radius 3 is 2.06 bits per heavy atom. The van der Waals surface area contributed by atoms with Crippen molar-refractivity contribution in [2.45, 2.75) is 58.9 Å². The molecule has 0 saturated heterocycles. The van der Waals surface area contributed by atoms with Crippen molar-refractivity contribution in [2.24, 2.45) is 0 Å². The lowest BCUT2D eigenvalue weighted by Crippen LogP contribution is -2.29. The Balaban J connectivity index is 3.80. The van der Waals surface area contributed by atoms with Crippen molar-refractivity contribution >= 4 is 20.3 Å². The lowest BCUT2D eigenvalue weighted by molar-refractivity contribution is -0.151. The molecule has 0 heterocycles. The molecule has 0 fully saturated rings. The SMILES string of the molecule is CCC(C)OC(=O)CCC(=O)O[Si](C)(C)C. The molecular weight excluding hydrogens is 224 g/mol. The highest BCUT2D eigenvalue weighted by molar-refractivity contribution is 6.71. The second kappa shape index (κ2) is 6.68. The van der Waals surface area contributed by atoms with E-state index < -0.39 is 8.32 Å². The molecule has 16 heavy (non-hydrogen) atoms. The standard InChI is InChI=1S/C11H22O4Si/c1-6-9(2)14-10(12)7-8-11(13)15-16(3,4)5/h9H,6-8H2,1-5H3. The molecule has 0 rings (SSSR count). The quantitative estimate of drug-likeness (QED) is 0.533. The van der Waals surface area contributed by atoms with Crippen molar-refractivity contribution < 1.29 is 18.8 Å². The summed E-state index contributed by atoms with van der Waals surface area (Å²) in [5.41, 5.74) is 0. The van der Waals surface area contributed by atoms with Gasteiger partial charge in [0.05, 0.1) is 18.9 Å². The van der Waals surface area contributed by atoms with E-state index in [1.807, 2.05) is 33.5 Å². The Bertz CT molecular complexity index is 245. The van der Waals surface area contributed by atoms with Crippen molar-refractivity contribution in [2.75, 3.05) is 0 Å². The van der Waals surface area contributed by atoms with Crippen LogP contribution < -0.4 is 0 Å². The third-order valence-corrected chi connectivity index (χ3v) is 2.70. The number of hydrogen-bond donors (Lipinski definition) is 0. The normalized spacial score (nSPS) is 13.1. The third-order valence-electron chi connectivity index (χ3n) is 1.86. The van der Waals surface area contributed by atoms with Crippen LogP contribution in [0.5, 0.6) is 0 Å². The lowest BCUT2D eigenvalue weighted by atomic mass is 10.3. The predicted octanol–water partition coefficient (Wildman–Crippen LogP) is 2.49. The monoisotopic (exact) mass is 246 g/mol. The van der Waals surface area contributed by atoms with Crippen molar-refractivity contribution in [3.63, 3.8) is 0 Å². The molecule has 0 radical (unpaired) electrons. The Morgan fingerprint density at radius 2 is 1.62 bits per heavy atom. The Labute approximate surface area is 98.4 Å². The molecule has 1 atom stereocenters. The van der Waals surface area contributed by atoms with E-state index in [1.165, 1.54) is 0 Å². The fraction of sp³-hybridized carbons (Fsp3) is 0.818. The van der Waals surface area contributed by atoms with Crippen LogP contribution in [0.2, 0.25) is 19.6 Å². The zero-order valence-electron chi connectivity index (χ0n) is 10.8. The van der Waals surface area contributed by atoms with E-state index in [4.69, 9.17) is 9.16 Å². The average molecular weight is 246 g/mol. The summed E-state index contributed by atoms with van der Waals surface area (Å²) in [4.78, 5) is 22.6. The highest BCUT2D eigenvalue weighted by Gasteiger charge is 2.20. The van der Waals surface area contributed by atoms with Crippen molar-refractivity contribution in [3.8, 4) is 0 Å². The molecule has 0 N–H and O–H groups in total. The topological polar surface area (TPSA) is 52.6 Å². The van der Waals surface area contributed by atoms with Crippen LogP contribution in [-0.4, -0.2) is 26.4 Å². The van der Waals surface area contributed by atoms with Gasteiger partial charge in [-0.25, -0.2) is 0 Å². The molecular formula is C11H22O4Si. The van der Waals surface area contributed by atoms with E-state index in [1.54, 1.807) is 0 Å². The first kappa shape index (κ1) is 15.2. The van der Waals surface area contributed by atoms with Gasteiger partial charge in [0, 0.05) is 0 Å². The minimum absolute atomic E-state index is 0.0829. The maximum atomic E-state index is 11.3. The summed E-state index contributed by atoms with van der Waals surface area (Å²) in [6.45, 7) is 9.57. The smallest absolute Gasteiger partial charge is 0.306 e. The van der Waals surface area contributed by atoms with Gasteiger partial charge in [0.25, 0.3) is 5.97 Å². The molecule has 1 unspecified atom stereocenters. The number of rotatable bonds is 6. The van der Waals surface area contributed by atoms with Gasteiger partial charge in [-0.2, -0.15) is 0 Å². The van der Waals surface area contributed by atoms with E-state index in [2.05, 4.69) is 0 Å². The Hall–Kier alpha value is -0.843. The van der Waals surface area contributed by atoms with Crippen molar-refractivity contribution in [1.29, 1.82) is 0 Å². The number of carbonyl (C=O) groups excluding carboxylic acids is 2. The summed E-state index contributed by atoms with van der Waals surface area (Å²) in [7, 11) is -1.83. The van der Waals surface area contributed by atoms with Crippen molar-refractivity contribution in [3.05, 3.63) is 0 Å². The highest BCUT2D eigenvalue weighted by atomic mass is 28.4. The summed E-state index contributed by atoms with van der Waals surface area (Å²) in [5.74, 6) is -0.637. The van der Waals surface area contributed by atoms with Gasteiger partial charge in [-0.1, -0.05) is 6.92 Å². The van der Waals surface area contributed by atoms with Crippen LogP contribution in [0.1, 0.15) is 33.1 Å². The molecule has 0 aromatic heterocycles. The van der Waals surface area contributed by atoms with Gasteiger partial charge in [-0.05, 0) is 33.0 Å². The van der Waals surface area contributed by atoms with Crippen LogP contribution >= 0.6 is 0 Å². The van der Waals surface area contributed by atoms with Gasteiger partial charge >= 0.3 is 5.97 Å². The second-order valence-corrected chi connectivity index (χ2v) is 9.22. The summed E-state index contributed by atoms with van der Waals surface area (Å²) in [6.07, 6.45) is 0.915. The number of ether oxygens (including phenoxy) is 1. The Morgan fingerprint density at radius 1 is 1.12 bits per heavy atom. The Kier molecular flexibility index (Phi) is 6.33. The van der Waals surface area contributed by atoms with Gasteiger partial charge in [0.15, 0.2) is 0 Å². The maximum Gasteiger partial charge on any atom is 0.306 e. The summed E-state index contributed by atoms with van der Waals surface area (Å²) >= 11 is 0. The molecule has 0 saturated carbocycles. The zero-order valence-corrected chi connectivity index (χ0v) is 11.8. The molecule has 4 nitrogen and oxygen atoms in total. The largest absolute Gasteiger partial charge is 0.520 e. The van der Waals surface area contributed by atoms with Crippen LogP contribution in [-0.2, 0) is 18.8 Å². The van der Waals surface area contributed by atoms with Crippen LogP contribution in [0, 0.1) is 0 Å². The van der Waals surface area contributed by atoms with E-state index in [0.717, 1.165) is 6.42 Å². The fourth-order valence-corrected chi connectivity index (χ4v) is 1.75. The number of hydrogen-bond acceptors (Lipinski definition) is 4. The molecule has 0 aromatic carbocycles. The minimum Gasteiger partial charge on any atom is -0.520 e. The molecule has 0 aliphatic rings. The van der Waals surface area contributed by atoms with Gasteiger partial charge in [0.2, 0.25) is 8.32 Å². The van der Waals surface area contributed by atoms with Crippen LogP contribution in [0.3, 0.4) is 0 Å². The van der Waals surface area contributed by atoms with E-state index in [-0.39, 0.29) is 30.9 Å². The lowest BCUT2D eigenvalue weighted by Gasteiger charge is -2.17. The van der Waals surface area contributed by atoms with Gasteiger partial charge in [-0.15, -0.1) is 0 Å². The molecule has 0 spiro atoms. The van der Waals surface area contributed by atoms with E-state index >= 15 is 0 Å². The fourth-order valence-electron chi connectivity index (χ4n) is 0.963. The van der Waals surface area contributed by atoms with Crippen LogP contribution in [0.4, 0.5) is 0 Å². The molecule has 0 aliphatic heterocycles.